The number of benzene rings is 1. The second kappa shape index (κ2) is 11.2. The quantitative estimate of drug-likeness (QED) is 0.156. The van der Waals surface area contributed by atoms with Crippen molar-refractivity contribution in [3.05, 3.63) is 36.4 Å². The van der Waals surface area contributed by atoms with Crippen molar-refractivity contribution in [1.82, 2.24) is 15.5 Å². The van der Waals surface area contributed by atoms with Crippen molar-refractivity contribution in [3.8, 4) is 11.5 Å². The Morgan fingerprint density at radius 3 is 2.27 bits per heavy atom. The van der Waals surface area contributed by atoms with Crippen LogP contribution in [0.1, 0.15) is 20.3 Å². The average molecular weight is 568 g/mol. The first-order chi connectivity index (χ1) is 15.5. The Morgan fingerprint density at radius 2 is 1.70 bits per heavy atom. The highest BCUT2D eigenvalue weighted by Crippen LogP contribution is 2.52. The molecule has 0 spiro atoms. The Morgan fingerprint density at radius 1 is 1.09 bits per heavy atom. The number of hydrogen-bond donors (Lipinski definition) is 2. The van der Waals surface area contributed by atoms with Crippen LogP contribution in [0.15, 0.2) is 41.4 Å². The topological polar surface area (TPSA) is 92.3 Å². The fourth-order valence-corrected chi connectivity index (χ4v) is 4.96. The predicted octanol–water partition coefficient (Wildman–Crippen LogP) is 2.44. The maximum atomic E-state index is 12.8. The average Bonchev–Trinajstić information content (AvgIpc) is 3.47. The van der Waals surface area contributed by atoms with Crippen molar-refractivity contribution in [2.75, 3.05) is 33.3 Å². The second-order valence-electron chi connectivity index (χ2n) is 8.58. The molecule has 2 amide bonds. The molecule has 33 heavy (non-hydrogen) atoms. The third-order valence-electron chi connectivity index (χ3n) is 6.44. The molecule has 5 atom stereocenters. The van der Waals surface area contributed by atoms with Crippen LogP contribution >= 0.6 is 24.0 Å². The van der Waals surface area contributed by atoms with Crippen LogP contribution in [0.4, 0.5) is 0 Å². The van der Waals surface area contributed by atoms with E-state index in [1.165, 1.54) is 4.90 Å². The number of imide groups is 1. The zero-order valence-corrected chi connectivity index (χ0v) is 21.7. The summed E-state index contributed by atoms with van der Waals surface area (Å²) in [5, 5.41) is 6.43. The molecular weight excluding hydrogens is 535 g/mol. The number of carbonyl (C=O) groups excluding carboxylic acids is 2. The minimum atomic E-state index is -0.143. The van der Waals surface area contributed by atoms with Crippen molar-refractivity contribution in [2.45, 2.75) is 26.4 Å². The number of rotatable bonds is 9. The maximum Gasteiger partial charge on any atom is 0.233 e. The van der Waals surface area contributed by atoms with Gasteiger partial charge in [-0.25, -0.2) is 4.99 Å². The highest BCUT2D eigenvalue weighted by Gasteiger charge is 2.58. The normalized spacial score (nSPS) is 26.2. The lowest BCUT2D eigenvalue weighted by Gasteiger charge is -2.19. The number of methoxy groups -OCH3 is 1. The van der Waals surface area contributed by atoms with Crippen molar-refractivity contribution < 1.29 is 19.1 Å². The van der Waals surface area contributed by atoms with Gasteiger partial charge in [-0.05, 0) is 56.4 Å². The van der Waals surface area contributed by atoms with Crippen LogP contribution in [-0.2, 0) is 9.59 Å². The summed E-state index contributed by atoms with van der Waals surface area (Å²) in [6.45, 7) is 5.93. The second-order valence-corrected chi connectivity index (χ2v) is 8.58. The molecule has 1 aliphatic heterocycles. The van der Waals surface area contributed by atoms with Gasteiger partial charge in [-0.3, -0.25) is 14.5 Å². The van der Waals surface area contributed by atoms with Gasteiger partial charge in [0.2, 0.25) is 11.8 Å². The highest BCUT2D eigenvalue weighted by molar-refractivity contribution is 14.0. The molecule has 1 saturated carbocycles. The van der Waals surface area contributed by atoms with Crippen LogP contribution in [0.3, 0.4) is 0 Å². The van der Waals surface area contributed by atoms with Gasteiger partial charge in [0.1, 0.15) is 17.6 Å². The largest absolute Gasteiger partial charge is 0.497 e. The van der Waals surface area contributed by atoms with Gasteiger partial charge in [-0.2, -0.15) is 0 Å². The Labute approximate surface area is 212 Å². The lowest BCUT2D eigenvalue weighted by Crippen LogP contribution is -2.44. The fraction of sp³-hybridized carbons (Fsp3) is 0.542. The number of allylic oxidation sites excluding steroid dienone is 2. The third-order valence-corrected chi connectivity index (χ3v) is 6.44. The van der Waals surface area contributed by atoms with E-state index in [2.05, 4.69) is 27.8 Å². The zero-order valence-electron chi connectivity index (χ0n) is 19.3. The van der Waals surface area contributed by atoms with Crippen LogP contribution in [0.5, 0.6) is 11.5 Å². The molecule has 4 rings (SSSR count). The number of fused-ring (bicyclic) bond motifs is 5. The summed E-state index contributed by atoms with van der Waals surface area (Å²) in [6.07, 6.45) is 5.06. The standard InChI is InChI=1S/C24H32N4O4.HI/c1-4-25-24(27-14-15(2)32-19-9-7-18(31-3)8-10-19)26-11-12-28-22(29)20-16-5-6-17(13-16)21(20)23(28)30;/h5-10,15-17,20-21H,4,11-14H2,1-3H3,(H2,25,26,27);1H. The number of nitrogens with zero attached hydrogens (tertiary/aromatic N) is 2. The van der Waals surface area contributed by atoms with E-state index in [1.807, 2.05) is 38.1 Å². The van der Waals surface area contributed by atoms with E-state index in [4.69, 9.17) is 9.47 Å². The molecule has 1 aromatic carbocycles. The summed E-state index contributed by atoms with van der Waals surface area (Å²) in [5.41, 5.74) is 0. The predicted molar refractivity (Wildman–Crippen MR) is 137 cm³/mol. The Balaban J connectivity index is 0.00000306. The fourth-order valence-electron chi connectivity index (χ4n) is 4.96. The summed E-state index contributed by atoms with van der Waals surface area (Å²) in [5.74, 6) is 2.35. The van der Waals surface area contributed by atoms with Crippen molar-refractivity contribution >= 4 is 41.8 Å². The van der Waals surface area contributed by atoms with Crippen LogP contribution in [0.25, 0.3) is 0 Å². The van der Waals surface area contributed by atoms with Crippen LogP contribution in [-0.4, -0.2) is 62.1 Å². The first-order valence-corrected chi connectivity index (χ1v) is 11.4. The van der Waals surface area contributed by atoms with Gasteiger partial charge < -0.3 is 20.1 Å². The van der Waals surface area contributed by atoms with E-state index in [0.29, 0.717) is 32.1 Å². The minimum Gasteiger partial charge on any atom is -0.497 e. The van der Waals surface area contributed by atoms with Crippen molar-refractivity contribution in [3.63, 3.8) is 0 Å². The van der Waals surface area contributed by atoms with E-state index in [0.717, 1.165) is 17.9 Å². The number of ether oxygens (including phenoxy) is 2. The van der Waals surface area contributed by atoms with Crippen molar-refractivity contribution in [1.29, 1.82) is 0 Å². The molecular formula is C24H33IN4O4. The lowest BCUT2D eigenvalue weighted by atomic mass is 9.85. The summed E-state index contributed by atoms with van der Waals surface area (Å²) >= 11 is 0. The number of likely N-dealkylation sites (tertiary alicyclic amines) is 1. The molecule has 2 aliphatic carbocycles. The SMILES string of the molecule is CCNC(=NCC(C)Oc1ccc(OC)cc1)NCCN1C(=O)C2C3C=CC(C3)C2C1=O.I. The molecule has 2 bridgehead atoms. The first-order valence-electron chi connectivity index (χ1n) is 11.4. The van der Waals surface area contributed by atoms with Gasteiger partial charge in [0.15, 0.2) is 5.96 Å². The number of halogens is 1. The van der Waals surface area contributed by atoms with E-state index >= 15 is 0 Å². The number of amides is 2. The van der Waals surface area contributed by atoms with E-state index in [9.17, 15) is 9.59 Å². The van der Waals surface area contributed by atoms with E-state index < -0.39 is 0 Å². The summed E-state index contributed by atoms with van der Waals surface area (Å²) in [6, 6.07) is 7.44. The number of nitrogens with one attached hydrogen (secondary N) is 2. The van der Waals surface area contributed by atoms with Crippen LogP contribution in [0, 0.1) is 23.7 Å². The minimum absolute atomic E-state index is 0. The number of hydrogen-bond acceptors (Lipinski definition) is 5. The van der Waals surface area contributed by atoms with Crippen LogP contribution < -0.4 is 20.1 Å². The number of carbonyl (C=O) groups is 2. The molecule has 2 N–H and O–H groups in total. The van der Waals surface area contributed by atoms with Gasteiger partial charge in [0.05, 0.1) is 25.5 Å². The summed E-state index contributed by atoms with van der Waals surface area (Å²) in [4.78, 5) is 31.6. The molecule has 8 nitrogen and oxygen atoms in total. The molecule has 2 fully saturated rings. The molecule has 1 saturated heterocycles. The molecule has 3 aliphatic rings. The smallest absolute Gasteiger partial charge is 0.233 e. The van der Waals surface area contributed by atoms with Gasteiger partial charge in [-0.15, -0.1) is 24.0 Å². The van der Waals surface area contributed by atoms with Crippen LogP contribution in [0.2, 0.25) is 0 Å². The third kappa shape index (κ3) is 5.44. The molecule has 5 unspecified atom stereocenters. The number of aliphatic imine (C=N–C) groups is 1. The van der Waals surface area contributed by atoms with Gasteiger partial charge in [0, 0.05) is 19.6 Å². The van der Waals surface area contributed by atoms with Crippen molar-refractivity contribution in [2.24, 2.45) is 28.7 Å². The lowest BCUT2D eigenvalue weighted by molar-refractivity contribution is -0.140. The molecule has 9 heteroatoms. The molecule has 0 radical (unpaired) electrons. The first kappa shape index (κ1) is 25.3. The summed E-state index contributed by atoms with van der Waals surface area (Å²) < 4.78 is 11.1. The van der Waals surface area contributed by atoms with Gasteiger partial charge >= 0.3 is 0 Å². The zero-order chi connectivity index (χ0) is 22.7. The highest BCUT2D eigenvalue weighted by atomic mass is 127. The van der Waals surface area contributed by atoms with Gasteiger partial charge in [-0.1, -0.05) is 12.2 Å². The molecule has 180 valence electrons. The monoisotopic (exact) mass is 568 g/mol. The maximum absolute atomic E-state index is 12.8. The molecule has 1 heterocycles. The van der Waals surface area contributed by atoms with E-state index in [1.54, 1.807) is 7.11 Å². The molecule has 1 aromatic rings. The van der Waals surface area contributed by atoms with Gasteiger partial charge in [0.25, 0.3) is 0 Å². The Bertz CT molecular complexity index is 874. The number of guanidine groups is 1. The van der Waals surface area contributed by atoms with E-state index in [-0.39, 0.29) is 65.6 Å². The molecule has 0 aromatic heterocycles. The Hall–Kier alpha value is -2.30. The Kier molecular flexibility index (Phi) is 8.61. The summed E-state index contributed by atoms with van der Waals surface area (Å²) in [7, 11) is 1.63.